The average Bonchev–Trinajstić information content (AvgIpc) is 2.67. The van der Waals surface area contributed by atoms with Gasteiger partial charge in [0.1, 0.15) is 23.7 Å². The monoisotopic (exact) mass is 374 g/mol. The molecule has 0 unspecified atom stereocenters. The Hall–Kier alpha value is -2.86. The molecule has 0 saturated carbocycles. The summed E-state index contributed by atoms with van der Waals surface area (Å²) in [7, 11) is 4.58. The zero-order chi connectivity index (χ0) is 20.0. The van der Waals surface area contributed by atoms with Crippen LogP contribution in [0.5, 0.6) is 28.7 Å². The second-order valence-corrected chi connectivity index (χ2v) is 6.05. The lowest BCUT2D eigenvalue weighted by molar-refractivity contribution is 0.0432. The molecule has 146 valence electrons. The zero-order valence-corrected chi connectivity index (χ0v) is 16.1. The summed E-state index contributed by atoms with van der Waals surface area (Å²) in [5.74, 6) is 1.84. The van der Waals surface area contributed by atoms with Gasteiger partial charge in [0, 0.05) is 6.07 Å². The molecule has 0 heterocycles. The summed E-state index contributed by atoms with van der Waals surface area (Å²) in [6.45, 7) is 5.46. The second-order valence-electron chi connectivity index (χ2n) is 6.05. The van der Waals surface area contributed by atoms with Crippen LogP contribution >= 0.6 is 0 Å². The maximum absolute atomic E-state index is 10.7. The van der Waals surface area contributed by atoms with Crippen molar-refractivity contribution < 1.29 is 29.2 Å². The van der Waals surface area contributed by atoms with Crippen LogP contribution in [0.2, 0.25) is 0 Å². The number of benzene rings is 2. The molecule has 0 radical (unpaired) electrons. The van der Waals surface area contributed by atoms with Crippen molar-refractivity contribution in [1.29, 1.82) is 0 Å². The quantitative estimate of drug-likeness (QED) is 0.653. The number of methoxy groups -OCH3 is 3. The normalized spacial score (nSPS) is 12.8. The van der Waals surface area contributed by atoms with Crippen LogP contribution in [-0.4, -0.2) is 37.6 Å². The van der Waals surface area contributed by atoms with Crippen LogP contribution in [0.25, 0.3) is 0 Å². The Morgan fingerprint density at radius 1 is 1.00 bits per heavy atom. The van der Waals surface area contributed by atoms with E-state index in [1.165, 1.54) is 19.2 Å². The van der Waals surface area contributed by atoms with Gasteiger partial charge in [-0.05, 0) is 48.7 Å². The molecule has 6 heteroatoms. The first-order chi connectivity index (χ1) is 12.9. The van der Waals surface area contributed by atoms with Gasteiger partial charge >= 0.3 is 0 Å². The Bertz CT molecular complexity index is 761. The fourth-order valence-electron chi connectivity index (χ4n) is 2.75. The molecular weight excluding hydrogens is 348 g/mol. The van der Waals surface area contributed by atoms with Crippen molar-refractivity contribution >= 4 is 0 Å². The van der Waals surface area contributed by atoms with E-state index in [4.69, 9.17) is 18.9 Å². The van der Waals surface area contributed by atoms with E-state index >= 15 is 0 Å². The first kappa shape index (κ1) is 20.5. The van der Waals surface area contributed by atoms with Crippen molar-refractivity contribution in [3.05, 3.63) is 54.1 Å². The first-order valence-electron chi connectivity index (χ1n) is 8.51. The molecule has 27 heavy (non-hydrogen) atoms. The number of ether oxygens (including phenoxy) is 4. The van der Waals surface area contributed by atoms with E-state index in [0.717, 1.165) is 5.56 Å². The minimum Gasteiger partial charge on any atom is -0.508 e. The van der Waals surface area contributed by atoms with Crippen molar-refractivity contribution in [2.24, 2.45) is 0 Å². The number of aromatic hydroxyl groups is 1. The highest BCUT2D eigenvalue weighted by Gasteiger charge is 2.23. The highest BCUT2D eigenvalue weighted by molar-refractivity contribution is 5.54. The fraction of sp³-hybridized carbons (Fsp3) is 0.333. The minimum atomic E-state index is -1.01. The number of hydrogen-bond donors (Lipinski definition) is 2. The van der Waals surface area contributed by atoms with Crippen molar-refractivity contribution in [3.63, 3.8) is 0 Å². The lowest BCUT2D eigenvalue weighted by Crippen LogP contribution is -2.22. The molecule has 2 rings (SSSR count). The molecule has 0 aliphatic carbocycles. The third kappa shape index (κ3) is 4.86. The van der Waals surface area contributed by atoms with Crippen molar-refractivity contribution in [3.8, 4) is 28.7 Å². The Balaban J connectivity index is 2.32. The number of hydrogen-bond acceptors (Lipinski definition) is 6. The van der Waals surface area contributed by atoms with E-state index in [0.29, 0.717) is 35.0 Å². The highest BCUT2D eigenvalue weighted by atomic mass is 16.5. The first-order valence-corrected chi connectivity index (χ1v) is 8.51. The number of rotatable bonds is 9. The smallest absolute Gasteiger partial charge is 0.203 e. The summed E-state index contributed by atoms with van der Waals surface area (Å²) in [4.78, 5) is 0. The molecule has 0 aromatic heterocycles. The van der Waals surface area contributed by atoms with Crippen molar-refractivity contribution in [1.82, 2.24) is 0 Å². The van der Waals surface area contributed by atoms with Gasteiger partial charge < -0.3 is 29.2 Å². The number of aliphatic hydroxyl groups excluding tert-OH is 1. The summed E-state index contributed by atoms with van der Waals surface area (Å²) in [6.07, 6.45) is 0.794. The van der Waals surface area contributed by atoms with Gasteiger partial charge in [0.2, 0.25) is 5.75 Å². The predicted molar refractivity (Wildman–Crippen MR) is 103 cm³/mol. The highest BCUT2D eigenvalue weighted by Crippen LogP contribution is 2.40. The van der Waals surface area contributed by atoms with Crippen molar-refractivity contribution in [2.45, 2.75) is 25.6 Å². The lowest BCUT2D eigenvalue weighted by Gasteiger charge is -2.24. The van der Waals surface area contributed by atoms with E-state index in [2.05, 4.69) is 6.58 Å². The summed E-state index contributed by atoms with van der Waals surface area (Å²) in [5, 5.41) is 20.5. The molecule has 0 amide bonds. The molecule has 0 fully saturated rings. The average molecular weight is 374 g/mol. The van der Waals surface area contributed by atoms with E-state index < -0.39 is 12.2 Å². The predicted octanol–water partition coefficient (Wildman–Crippen LogP) is 3.65. The summed E-state index contributed by atoms with van der Waals surface area (Å²) in [5.41, 5.74) is 1.44. The van der Waals surface area contributed by atoms with Gasteiger partial charge in [-0.1, -0.05) is 6.08 Å². The largest absolute Gasteiger partial charge is 0.508 e. The molecule has 0 spiro atoms. The summed E-state index contributed by atoms with van der Waals surface area (Å²) < 4.78 is 22.0. The van der Waals surface area contributed by atoms with E-state index in [9.17, 15) is 10.2 Å². The zero-order valence-electron chi connectivity index (χ0n) is 16.1. The molecule has 2 aromatic rings. The lowest BCUT2D eigenvalue weighted by atomic mass is 10.0. The SMILES string of the molecule is C=CCc1cc(OC)c(O[C@@H](C)[C@@H](O)c2cc(O)cc(OC)c2)c(OC)c1. The van der Waals surface area contributed by atoms with Gasteiger partial charge in [-0.25, -0.2) is 0 Å². The fourth-order valence-corrected chi connectivity index (χ4v) is 2.75. The van der Waals surface area contributed by atoms with Gasteiger partial charge in [-0.15, -0.1) is 6.58 Å². The third-order valence-corrected chi connectivity index (χ3v) is 4.14. The number of phenolic OH excluding ortho intramolecular Hbond substituents is 1. The number of aliphatic hydroxyl groups is 1. The standard InChI is InChI=1S/C21H26O6/c1-6-7-14-8-18(25-4)21(19(9-14)26-5)27-13(2)20(23)15-10-16(22)12-17(11-15)24-3/h6,8-13,20,22-23H,1,7H2,2-5H3/t13-,20+/m0/s1. The molecule has 0 saturated heterocycles. The summed E-state index contributed by atoms with van der Waals surface area (Å²) in [6, 6.07) is 8.26. The molecule has 2 N–H and O–H groups in total. The van der Waals surface area contributed by atoms with Crippen LogP contribution in [0.1, 0.15) is 24.2 Å². The summed E-state index contributed by atoms with van der Waals surface area (Å²) >= 11 is 0. The minimum absolute atomic E-state index is 0.000427. The van der Waals surface area contributed by atoms with E-state index in [1.807, 2.05) is 12.1 Å². The van der Waals surface area contributed by atoms with Crippen LogP contribution in [0, 0.1) is 0 Å². The molecule has 6 nitrogen and oxygen atoms in total. The van der Waals surface area contributed by atoms with E-state index in [-0.39, 0.29) is 5.75 Å². The second kappa shape index (κ2) is 9.19. The van der Waals surface area contributed by atoms with Gasteiger partial charge in [-0.2, -0.15) is 0 Å². The maximum Gasteiger partial charge on any atom is 0.203 e. The Labute approximate surface area is 159 Å². The molecule has 0 bridgehead atoms. The van der Waals surface area contributed by atoms with Gasteiger partial charge in [0.15, 0.2) is 11.5 Å². The molecule has 2 aromatic carbocycles. The number of phenols is 1. The van der Waals surface area contributed by atoms with Gasteiger partial charge in [0.25, 0.3) is 0 Å². The molecule has 2 atom stereocenters. The van der Waals surface area contributed by atoms with Crippen LogP contribution in [-0.2, 0) is 6.42 Å². The molecule has 0 aliphatic heterocycles. The third-order valence-electron chi connectivity index (χ3n) is 4.14. The van der Waals surface area contributed by atoms with Crippen LogP contribution in [0.4, 0.5) is 0 Å². The van der Waals surface area contributed by atoms with Crippen LogP contribution in [0.3, 0.4) is 0 Å². The van der Waals surface area contributed by atoms with Gasteiger partial charge in [0.05, 0.1) is 21.3 Å². The van der Waals surface area contributed by atoms with Crippen LogP contribution < -0.4 is 18.9 Å². The molecule has 0 aliphatic rings. The van der Waals surface area contributed by atoms with Crippen molar-refractivity contribution in [2.75, 3.05) is 21.3 Å². The topological polar surface area (TPSA) is 77.4 Å². The van der Waals surface area contributed by atoms with Crippen LogP contribution in [0.15, 0.2) is 43.0 Å². The van der Waals surface area contributed by atoms with Gasteiger partial charge in [-0.3, -0.25) is 0 Å². The molecular formula is C21H26O6. The van der Waals surface area contributed by atoms with E-state index in [1.54, 1.807) is 33.3 Å². The Kier molecular flexibility index (Phi) is 6.96. The maximum atomic E-state index is 10.7. The Morgan fingerprint density at radius 2 is 1.63 bits per heavy atom. The number of allylic oxidation sites excluding steroid dienone is 1. The Morgan fingerprint density at radius 3 is 2.15 bits per heavy atom.